The average molecular weight is 266 g/mol. The van der Waals surface area contributed by atoms with Crippen molar-refractivity contribution in [2.45, 2.75) is 45.3 Å². The van der Waals surface area contributed by atoms with Crippen LogP contribution in [0.4, 0.5) is 4.39 Å². The first-order chi connectivity index (χ1) is 9.08. The quantitative estimate of drug-likeness (QED) is 0.814. The molecule has 2 rings (SSSR count). The zero-order valence-corrected chi connectivity index (χ0v) is 11.2. The molecule has 0 aliphatic heterocycles. The normalized spacial score (nSPS) is 23.4. The molecule has 1 aromatic rings. The van der Waals surface area contributed by atoms with Crippen molar-refractivity contribution in [2.24, 2.45) is 5.92 Å². The molecule has 2 atom stereocenters. The van der Waals surface area contributed by atoms with Gasteiger partial charge in [-0.2, -0.15) is 0 Å². The second kappa shape index (κ2) is 6.50. The van der Waals surface area contributed by atoms with Crippen LogP contribution in [-0.4, -0.2) is 23.3 Å². The van der Waals surface area contributed by atoms with Crippen molar-refractivity contribution in [3.05, 3.63) is 29.6 Å². The zero-order valence-electron chi connectivity index (χ0n) is 11.2. The molecule has 1 aliphatic carbocycles. The van der Waals surface area contributed by atoms with E-state index in [1.165, 1.54) is 25.3 Å². The van der Waals surface area contributed by atoms with Crippen molar-refractivity contribution in [3.8, 4) is 0 Å². The van der Waals surface area contributed by atoms with E-state index in [1.54, 1.807) is 6.07 Å². The second-order valence-corrected chi connectivity index (χ2v) is 5.33. The molecule has 104 valence electrons. The number of ether oxygens (including phenoxy) is 1. The predicted octanol–water partition coefficient (Wildman–Crippen LogP) is 1.60. The number of halogens is 1. The largest absolute Gasteiger partial charge is 0.488 e. The van der Waals surface area contributed by atoms with Crippen LogP contribution in [0.3, 0.4) is 0 Å². The molecule has 5 heteroatoms. The highest BCUT2D eigenvalue weighted by Gasteiger charge is 2.23. The fourth-order valence-corrected chi connectivity index (χ4v) is 2.66. The van der Waals surface area contributed by atoms with Crippen LogP contribution < -0.4 is 5.46 Å². The first kappa shape index (κ1) is 14.5. The highest BCUT2D eigenvalue weighted by molar-refractivity contribution is 6.59. The molecule has 1 saturated carbocycles. The Labute approximate surface area is 113 Å². The lowest BCUT2D eigenvalue weighted by Gasteiger charge is -2.29. The Balaban J connectivity index is 2.02. The van der Waals surface area contributed by atoms with Crippen LogP contribution >= 0.6 is 0 Å². The predicted molar refractivity (Wildman–Crippen MR) is 72.4 cm³/mol. The minimum Gasteiger partial charge on any atom is -0.423 e. The molecule has 0 spiro atoms. The van der Waals surface area contributed by atoms with Crippen molar-refractivity contribution in [1.29, 1.82) is 0 Å². The van der Waals surface area contributed by atoms with Gasteiger partial charge in [0.2, 0.25) is 0 Å². The van der Waals surface area contributed by atoms with Crippen LogP contribution in [0, 0.1) is 11.7 Å². The first-order valence-corrected chi connectivity index (χ1v) is 6.84. The smallest absolute Gasteiger partial charge is 0.423 e. The van der Waals surface area contributed by atoms with E-state index >= 15 is 0 Å². The Morgan fingerprint density at radius 3 is 2.74 bits per heavy atom. The summed E-state index contributed by atoms with van der Waals surface area (Å²) in [6.45, 7) is 2.47. The maximum atomic E-state index is 13.1. The van der Waals surface area contributed by atoms with Gasteiger partial charge in [0, 0.05) is 0 Å². The van der Waals surface area contributed by atoms with E-state index in [1.807, 2.05) is 0 Å². The highest BCUT2D eigenvalue weighted by atomic mass is 19.1. The molecule has 2 N–H and O–H groups in total. The van der Waals surface area contributed by atoms with E-state index in [9.17, 15) is 14.4 Å². The van der Waals surface area contributed by atoms with Crippen molar-refractivity contribution in [2.75, 3.05) is 0 Å². The van der Waals surface area contributed by atoms with Gasteiger partial charge in [-0.25, -0.2) is 4.39 Å². The van der Waals surface area contributed by atoms with E-state index in [-0.39, 0.29) is 11.6 Å². The average Bonchev–Trinajstić information content (AvgIpc) is 2.38. The van der Waals surface area contributed by atoms with Crippen LogP contribution in [-0.2, 0) is 11.3 Å². The van der Waals surface area contributed by atoms with Gasteiger partial charge >= 0.3 is 7.12 Å². The number of rotatable bonds is 4. The molecule has 1 fully saturated rings. The first-order valence-electron chi connectivity index (χ1n) is 6.84. The molecule has 1 aliphatic rings. The Morgan fingerprint density at radius 2 is 2.05 bits per heavy atom. The summed E-state index contributed by atoms with van der Waals surface area (Å²) in [6.07, 6.45) is 4.84. The van der Waals surface area contributed by atoms with E-state index in [4.69, 9.17) is 4.74 Å². The standard InChI is InChI=1S/C14H20BFO3/c1-10-4-2-3-5-14(10)19-9-11-6-7-12(16)8-13(11)15(17)18/h6-8,10,14,17-18H,2-5,9H2,1H3. The minimum atomic E-state index is -1.67. The lowest BCUT2D eigenvalue weighted by Crippen LogP contribution is -2.34. The third-order valence-electron chi connectivity index (χ3n) is 3.87. The van der Waals surface area contributed by atoms with Crippen LogP contribution in [0.2, 0.25) is 0 Å². The molecular formula is C14H20BFO3. The Kier molecular flexibility index (Phi) is 4.96. The van der Waals surface area contributed by atoms with E-state index in [0.29, 0.717) is 18.1 Å². The Morgan fingerprint density at radius 1 is 1.32 bits per heavy atom. The molecule has 0 saturated heterocycles. The molecule has 3 nitrogen and oxygen atoms in total. The fraction of sp³-hybridized carbons (Fsp3) is 0.571. The van der Waals surface area contributed by atoms with Gasteiger partial charge < -0.3 is 14.8 Å². The molecule has 1 aromatic carbocycles. The SMILES string of the molecule is CC1CCCCC1OCc1ccc(F)cc1B(O)O. The van der Waals surface area contributed by atoms with Gasteiger partial charge in [0.15, 0.2) is 0 Å². The highest BCUT2D eigenvalue weighted by Crippen LogP contribution is 2.26. The maximum absolute atomic E-state index is 13.1. The second-order valence-electron chi connectivity index (χ2n) is 5.33. The molecule has 0 bridgehead atoms. The van der Waals surface area contributed by atoms with Crippen molar-refractivity contribution in [3.63, 3.8) is 0 Å². The molecular weight excluding hydrogens is 246 g/mol. The summed E-state index contributed by atoms with van der Waals surface area (Å²) in [4.78, 5) is 0. The van der Waals surface area contributed by atoms with Crippen LogP contribution in [0.25, 0.3) is 0 Å². The van der Waals surface area contributed by atoms with Gasteiger partial charge in [0.25, 0.3) is 0 Å². The summed E-state index contributed by atoms with van der Waals surface area (Å²) in [5.74, 6) is 0.0505. The van der Waals surface area contributed by atoms with Crippen molar-refractivity contribution < 1.29 is 19.2 Å². The van der Waals surface area contributed by atoms with Gasteiger partial charge in [-0.1, -0.05) is 25.8 Å². The van der Waals surface area contributed by atoms with Gasteiger partial charge in [-0.15, -0.1) is 0 Å². The van der Waals surface area contributed by atoms with Gasteiger partial charge in [-0.05, 0) is 41.9 Å². The van der Waals surface area contributed by atoms with Gasteiger partial charge in [0.1, 0.15) is 5.82 Å². The summed E-state index contributed by atoms with van der Waals surface area (Å²) in [6, 6.07) is 4.01. The van der Waals surface area contributed by atoms with E-state index in [0.717, 1.165) is 12.5 Å². The summed E-state index contributed by atoms with van der Waals surface area (Å²) in [5, 5.41) is 18.5. The van der Waals surface area contributed by atoms with Crippen LogP contribution in [0.1, 0.15) is 38.2 Å². The minimum absolute atomic E-state index is 0.184. The molecule has 0 amide bonds. The Hall–Kier alpha value is -0.905. The molecule has 0 heterocycles. The van der Waals surface area contributed by atoms with Gasteiger partial charge in [0.05, 0.1) is 12.7 Å². The van der Waals surface area contributed by atoms with Crippen molar-refractivity contribution >= 4 is 12.6 Å². The van der Waals surface area contributed by atoms with Crippen LogP contribution in [0.15, 0.2) is 18.2 Å². The van der Waals surface area contributed by atoms with Crippen LogP contribution in [0.5, 0.6) is 0 Å². The van der Waals surface area contributed by atoms with Crippen molar-refractivity contribution in [1.82, 2.24) is 0 Å². The Bertz CT molecular complexity index is 425. The third-order valence-corrected chi connectivity index (χ3v) is 3.87. The van der Waals surface area contributed by atoms with E-state index < -0.39 is 12.9 Å². The third kappa shape index (κ3) is 3.78. The fourth-order valence-electron chi connectivity index (χ4n) is 2.66. The summed E-state index contributed by atoms with van der Waals surface area (Å²) in [7, 11) is -1.67. The zero-order chi connectivity index (χ0) is 13.8. The maximum Gasteiger partial charge on any atom is 0.488 e. The number of hydrogen-bond acceptors (Lipinski definition) is 3. The topological polar surface area (TPSA) is 49.7 Å². The number of benzene rings is 1. The lowest BCUT2D eigenvalue weighted by atomic mass is 9.77. The summed E-state index contributed by atoms with van der Waals surface area (Å²) < 4.78 is 19.0. The summed E-state index contributed by atoms with van der Waals surface area (Å²) in [5.41, 5.74) is 0.817. The molecule has 0 radical (unpaired) electrons. The van der Waals surface area contributed by atoms with Gasteiger partial charge in [-0.3, -0.25) is 0 Å². The van der Waals surface area contributed by atoms with E-state index in [2.05, 4.69) is 6.92 Å². The number of hydrogen-bond donors (Lipinski definition) is 2. The molecule has 0 aromatic heterocycles. The lowest BCUT2D eigenvalue weighted by molar-refractivity contribution is -0.0152. The summed E-state index contributed by atoms with van der Waals surface area (Å²) >= 11 is 0. The molecule has 19 heavy (non-hydrogen) atoms. The molecule has 2 unspecified atom stereocenters. The monoisotopic (exact) mass is 266 g/mol.